The smallest absolute Gasteiger partial charge is 0.194 e. The number of nitrogens with one attached hydrogen (secondary N) is 1. The van der Waals surface area contributed by atoms with Crippen LogP contribution in [0.5, 0.6) is 0 Å². The number of hydrogen-bond donors (Lipinski definition) is 1. The van der Waals surface area contributed by atoms with Gasteiger partial charge in [0.15, 0.2) is 5.96 Å². The molecule has 4 rings (SSSR count). The van der Waals surface area contributed by atoms with Crippen molar-refractivity contribution in [3.63, 3.8) is 0 Å². The van der Waals surface area contributed by atoms with Crippen LogP contribution >= 0.6 is 24.0 Å². The minimum Gasteiger partial charge on any atom is -0.370 e. The maximum absolute atomic E-state index is 6.11. The van der Waals surface area contributed by atoms with Crippen LogP contribution in [0.2, 0.25) is 0 Å². The van der Waals surface area contributed by atoms with Gasteiger partial charge in [-0.05, 0) is 43.5 Å². The van der Waals surface area contributed by atoms with Crippen molar-refractivity contribution in [2.24, 2.45) is 4.99 Å². The highest BCUT2D eigenvalue weighted by Gasteiger charge is 2.25. The van der Waals surface area contributed by atoms with Gasteiger partial charge in [0.1, 0.15) is 18.2 Å². The fourth-order valence-corrected chi connectivity index (χ4v) is 3.87. The van der Waals surface area contributed by atoms with Gasteiger partial charge in [-0.25, -0.2) is 15.0 Å². The lowest BCUT2D eigenvalue weighted by molar-refractivity contribution is -0.00834. The molecule has 1 fully saturated rings. The summed E-state index contributed by atoms with van der Waals surface area (Å²) in [6, 6.07) is 10.6. The Morgan fingerprint density at radius 1 is 1.25 bits per heavy atom. The zero-order valence-corrected chi connectivity index (χ0v) is 21.2. The Morgan fingerprint density at radius 3 is 2.81 bits per heavy atom. The van der Waals surface area contributed by atoms with E-state index in [-0.39, 0.29) is 30.1 Å². The number of halogens is 1. The first kappa shape index (κ1) is 24.2. The topological polar surface area (TPSA) is 67.6 Å². The number of benzene rings is 1. The summed E-state index contributed by atoms with van der Waals surface area (Å²) in [5.41, 5.74) is 4.87. The minimum absolute atomic E-state index is 0. The molecule has 0 radical (unpaired) electrons. The first-order valence-corrected chi connectivity index (χ1v) is 10.8. The van der Waals surface area contributed by atoms with Crippen molar-refractivity contribution in [3.8, 4) is 5.82 Å². The van der Waals surface area contributed by atoms with Crippen LogP contribution < -0.4 is 5.32 Å². The number of pyridine rings is 1. The van der Waals surface area contributed by atoms with E-state index in [0.717, 1.165) is 37.0 Å². The standard InChI is InChI=1S/C24H30N6O.HI/c1-4-26-24(28-15-20-6-8-23(27-14-20)30-10-9-25-17-30)29-11-12-31-22(16-29)21-7-5-18(2)13-19(21)3;/h5-10,13-14,17,22H,4,11-12,15-16H2,1-3H3,(H,26,28);1H. The van der Waals surface area contributed by atoms with Crippen LogP contribution in [0.25, 0.3) is 5.82 Å². The number of aliphatic imine (C=N–C) groups is 1. The molecule has 1 saturated heterocycles. The lowest BCUT2D eigenvalue weighted by atomic mass is 10.00. The first-order chi connectivity index (χ1) is 15.1. The van der Waals surface area contributed by atoms with Crippen molar-refractivity contribution in [2.75, 3.05) is 26.2 Å². The number of ether oxygens (including phenoxy) is 1. The third-order valence-electron chi connectivity index (χ3n) is 5.46. The average molecular weight is 546 g/mol. The molecule has 2 aromatic heterocycles. The molecule has 1 aromatic carbocycles. The van der Waals surface area contributed by atoms with E-state index in [1.165, 1.54) is 16.7 Å². The second kappa shape index (κ2) is 11.4. The monoisotopic (exact) mass is 546 g/mol. The average Bonchev–Trinajstić information content (AvgIpc) is 3.32. The number of nitrogens with zero attached hydrogens (tertiary/aromatic N) is 5. The molecule has 3 aromatic rings. The number of aromatic nitrogens is 3. The summed E-state index contributed by atoms with van der Waals surface area (Å²) in [7, 11) is 0. The van der Waals surface area contributed by atoms with Crippen LogP contribution in [-0.4, -0.2) is 51.6 Å². The summed E-state index contributed by atoms with van der Waals surface area (Å²) in [5, 5.41) is 3.44. The summed E-state index contributed by atoms with van der Waals surface area (Å²) in [4.78, 5) is 15.8. The van der Waals surface area contributed by atoms with E-state index in [9.17, 15) is 0 Å². The molecule has 7 nitrogen and oxygen atoms in total. The van der Waals surface area contributed by atoms with E-state index in [2.05, 4.69) is 65.2 Å². The van der Waals surface area contributed by atoms with Gasteiger partial charge in [-0.2, -0.15) is 0 Å². The fraction of sp³-hybridized carbons (Fsp3) is 0.375. The number of aryl methyl sites for hydroxylation is 2. The largest absolute Gasteiger partial charge is 0.370 e. The Kier molecular flexibility index (Phi) is 8.63. The second-order valence-electron chi connectivity index (χ2n) is 7.83. The van der Waals surface area contributed by atoms with Crippen LogP contribution in [0.15, 0.2) is 60.2 Å². The van der Waals surface area contributed by atoms with E-state index in [1.807, 2.05) is 23.0 Å². The molecule has 8 heteroatoms. The van der Waals surface area contributed by atoms with Gasteiger partial charge < -0.3 is 15.0 Å². The molecule has 1 atom stereocenters. The molecule has 1 unspecified atom stereocenters. The Labute approximate surface area is 207 Å². The van der Waals surface area contributed by atoms with Gasteiger partial charge in [0.2, 0.25) is 0 Å². The first-order valence-electron chi connectivity index (χ1n) is 10.8. The predicted octanol–water partition coefficient (Wildman–Crippen LogP) is 4.04. The maximum atomic E-state index is 6.11. The maximum Gasteiger partial charge on any atom is 0.194 e. The summed E-state index contributed by atoms with van der Waals surface area (Å²) in [6.45, 7) is 10.1. The summed E-state index contributed by atoms with van der Waals surface area (Å²) >= 11 is 0. The molecule has 170 valence electrons. The van der Waals surface area contributed by atoms with Gasteiger partial charge in [-0.1, -0.05) is 29.8 Å². The lowest BCUT2D eigenvalue weighted by Crippen LogP contribution is -2.48. The number of hydrogen-bond acceptors (Lipinski definition) is 4. The van der Waals surface area contributed by atoms with Crippen LogP contribution in [0.3, 0.4) is 0 Å². The van der Waals surface area contributed by atoms with Gasteiger partial charge in [0.05, 0.1) is 19.7 Å². The van der Waals surface area contributed by atoms with Gasteiger partial charge in [0.25, 0.3) is 0 Å². The molecule has 1 aliphatic rings. The lowest BCUT2D eigenvalue weighted by Gasteiger charge is -2.36. The third kappa shape index (κ3) is 5.86. The Balaban J connectivity index is 0.00000289. The zero-order valence-electron chi connectivity index (χ0n) is 18.9. The summed E-state index contributed by atoms with van der Waals surface area (Å²) in [6.07, 6.45) is 7.30. The molecule has 0 bridgehead atoms. The summed E-state index contributed by atoms with van der Waals surface area (Å²) < 4.78 is 8.00. The molecule has 0 saturated carbocycles. The Hall–Kier alpha value is -2.46. The second-order valence-corrected chi connectivity index (χ2v) is 7.83. The van der Waals surface area contributed by atoms with Crippen molar-refractivity contribution in [2.45, 2.75) is 33.4 Å². The molecular weight excluding hydrogens is 515 g/mol. The van der Waals surface area contributed by atoms with E-state index in [0.29, 0.717) is 13.2 Å². The Bertz CT molecular complexity index is 1020. The van der Waals surface area contributed by atoms with Gasteiger partial charge in [0, 0.05) is 31.7 Å². The van der Waals surface area contributed by atoms with Crippen molar-refractivity contribution >= 4 is 29.9 Å². The van der Waals surface area contributed by atoms with Crippen LogP contribution in [0, 0.1) is 13.8 Å². The summed E-state index contributed by atoms with van der Waals surface area (Å²) in [5.74, 6) is 1.76. The van der Waals surface area contributed by atoms with E-state index in [1.54, 1.807) is 12.5 Å². The van der Waals surface area contributed by atoms with Gasteiger partial charge in [-0.3, -0.25) is 4.57 Å². The van der Waals surface area contributed by atoms with Crippen LogP contribution in [0.4, 0.5) is 0 Å². The number of imidazole rings is 1. The minimum atomic E-state index is 0. The third-order valence-corrected chi connectivity index (χ3v) is 5.46. The number of morpholine rings is 1. The molecular formula is C24H31IN6O. The van der Waals surface area contributed by atoms with Crippen molar-refractivity contribution in [3.05, 3.63) is 77.5 Å². The molecule has 1 N–H and O–H groups in total. The van der Waals surface area contributed by atoms with Crippen LogP contribution in [-0.2, 0) is 11.3 Å². The Morgan fingerprint density at radius 2 is 2.12 bits per heavy atom. The van der Waals surface area contributed by atoms with E-state index >= 15 is 0 Å². The van der Waals surface area contributed by atoms with Crippen molar-refractivity contribution in [1.29, 1.82) is 0 Å². The molecule has 32 heavy (non-hydrogen) atoms. The van der Waals surface area contributed by atoms with E-state index < -0.39 is 0 Å². The zero-order chi connectivity index (χ0) is 21.6. The van der Waals surface area contributed by atoms with E-state index in [4.69, 9.17) is 9.73 Å². The number of guanidine groups is 1. The van der Waals surface area contributed by atoms with Gasteiger partial charge in [-0.15, -0.1) is 24.0 Å². The SMILES string of the molecule is CCNC(=NCc1ccc(-n2ccnc2)nc1)N1CCOC(c2ccc(C)cc2C)C1.I. The van der Waals surface area contributed by atoms with Gasteiger partial charge >= 0.3 is 0 Å². The highest BCUT2D eigenvalue weighted by atomic mass is 127. The predicted molar refractivity (Wildman–Crippen MR) is 138 cm³/mol. The molecule has 0 spiro atoms. The fourth-order valence-electron chi connectivity index (χ4n) is 3.87. The van der Waals surface area contributed by atoms with Crippen molar-refractivity contribution in [1.82, 2.24) is 24.8 Å². The van der Waals surface area contributed by atoms with Crippen LogP contribution in [0.1, 0.15) is 35.3 Å². The highest BCUT2D eigenvalue weighted by Crippen LogP contribution is 2.26. The normalized spacial score (nSPS) is 16.5. The number of rotatable bonds is 5. The molecule has 3 heterocycles. The van der Waals surface area contributed by atoms with Crippen molar-refractivity contribution < 1.29 is 4.74 Å². The highest BCUT2D eigenvalue weighted by molar-refractivity contribution is 14.0. The quantitative estimate of drug-likeness (QED) is 0.297. The molecule has 0 aliphatic carbocycles. The molecule has 1 aliphatic heterocycles. The molecule has 0 amide bonds.